The predicted molar refractivity (Wildman–Crippen MR) is 139 cm³/mol. The second-order valence-corrected chi connectivity index (χ2v) is 8.79. The molecule has 35 heavy (non-hydrogen) atoms. The Morgan fingerprint density at radius 2 is 1.26 bits per heavy atom. The van der Waals surface area contributed by atoms with Gasteiger partial charge in [-0.1, -0.05) is 107 Å². The number of hydrogen-bond donors (Lipinski definition) is 0. The van der Waals surface area contributed by atoms with Crippen LogP contribution in [-0.4, -0.2) is 38.3 Å². The highest BCUT2D eigenvalue weighted by Crippen LogP contribution is 2.33. The van der Waals surface area contributed by atoms with Crippen LogP contribution in [0.15, 0.2) is 102 Å². The molecule has 0 spiro atoms. The van der Waals surface area contributed by atoms with Gasteiger partial charge in [0, 0.05) is 12.7 Å². The molecular weight excluding hydrogens is 508 g/mol. The Kier molecular flexibility index (Phi) is 10.1. The number of benzene rings is 3. The van der Waals surface area contributed by atoms with Crippen molar-refractivity contribution < 1.29 is 23.7 Å². The third kappa shape index (κ3) is 7.34. The van der Waals surface area contributed by atoms with Crippen molar-refractivity contribution >= 4 is 15.9 Å². The first-order valence-corrected chi connectivity index (χ1v) is 12.6. The molecule has 0 bridgehead atoms. The summed E-state index contributed by atoms with van der Waals surface area (Å²) >= 11 is 3.50. The van der Waals surface area contributed by atoms with Gasteiger partial charge in [0.2, 0.25) is 0 Å². The molecule has 3 aromatic rings. The van der Waals surface area contributed by atoms with Crippen molar-refractivity contribution in [2.24, 2.45) is 0 Å². The molecule has 0 amide bonds. The molecule has 0 unspecified atom stereocenters. The number of rotatable bonds is 11. The SMILES string of the molecule is CO[C@H]1O[C@H](COCc2ccccc2)[C@@H](OCc2ccccc2)[C@H](OCc2ccccc2)/C1=C/Br. The summed E-state index contributed by atoms with van der Waals surface area (Å²) in [5.74, 6) is 0. The van der Waals surface area contributed by atoms with Crippen LogP contribution < -0.4 is 0 Å². The van der Waals surface area contributed by atoms with Gasteiger partial charge in [-0.05, 0) is 21.7 Å². The Labute approximate surface area is 215 Å². The lowest BCUT2D eigenvalue weighted by molar-refractivity contribution is -0.243. The fourth-order valence-electron chi connectivity index (χ4n) is 4.05. The number of hydrogen-bond acceptors (Lipinski definition) is 5. The Hall–Kier alpha value is -2.32. The molecule has 6 heteroatoms. The quantitative estimate of drug-likeness (QED) is 0.298. The van der Waals surface area contributed by atoms with E-state index in [1.807, 2.05) is 96.0 Å². The van der Waals surface area contributed by atoms with E-state index in [0.717, 1.165) is 22.3 Å². The summed E-state index contributed by atoms with van der Waals surface area (Å²) in [4.78, 5) is 1.82. The lowest BCUT2D eigenvalue weighted by Crippen LogP contribution is -2.54. The van der Waals surface area contributed by atoms with Gasteiger partial charge in [0.15, 0.2) is 6.29 Å². The van der Waals surface area contributed by atoms with Crippen LogP contribution in [-0.2, 0) is 43.5 Å². The van der Waals surface area contributed by atoms with Gasteiger partial charge >= 0.3 is 0 Å². The molecule has 1 aliphatic heterocycles. The van der Waals surface area contributed by atoms with E-state index < -0.39 is 12.4 Å². The summed E-state index contributed by atoms with van der Waals surface area (Å²) in [5, 5.41) is 0. The summed E-state index contributed by atoms with van der Waals surface area (Å²) in [7, 11) is 1.63. The average molecular weight is 539 g/mol. The first kappa shape index (κ1) is 25.8. The fraction of sp³-hybridized carbons (Fsp3) is 0.310. The Bertz CT molecular complexity index is 1030. The zero-order chi connectivity index (χ0) is 24.3. The number of halogens is 1. The number of methoxy groups -OCH3 is 1. The van der Waals surface area contributed by atoms with E-state index in [2.05, 4.69) is 15.9 Å². The van der Waals surface area contributed by atoms with Crippen LogP contribution in [0.1, 0.15) is 16.7 Å². The maximum atomic E-state index is 6.46. The van der Waals surface area contributed by atoms with Gasteiger partial charge in [-0.2, -0.15) is 0 Å². The van der Waals surface area contributed by atoms with Crippen LogP contribution in [0.25, 0.3) is 0 Å². The standard InChI is InChI=1S/C29H31BrO5/c1-31-29-25(17-30)27(33-19-23-13-7-3-8-14-23)28(34-20-24-15-9-4-10-16-24)26(35-29)21-32-18-22-11-5-2-6-12-22/h2-17,26-29H,18-21H2,1H3/b25-17-/t26-,27-,28-,29+/m1/s1. The lowest BCUT2D eigenvalue weighted by atomic mass is 9.97. The highest BCUT2D eigenvalue weighted by atomic mass is 79.9. The van der Waals surface area contributed by atoms with Crippen molar-refractivity contribution in [3.05, 3.63) is 118 Å². The van der Waals surface area contributed by atoms with Crippen molar-refractivity contribution in [2.45, 2.75) is 44.4 Å². The van der Waals surface area contributed by atoms with E-state index in [1.54, 1.807) is 7.11 Å². The van der Waals surface area contributed by atoms with E-state index in [4.69, 9.17) is 23.7 Å². The average Bonchev–Trinajstić information content (AvgIpc) is 2.92. The molecule has 1 heterocycles. The van der Waals surface area contributed by atoms with Gasteiger partial charge in [0.25, 0.3) is 0 Å². The van der Waals surface area contributed by atoms with E-state index in [9.17, 15) is 0 Å². The van der Waals surface area contributed by atoms with Gasteiger partial charge in [0.05, 0.1) is 26.4 Å². The maximum absolute atomic E-state index is 6.46. The van der Waals surface area contributed by atoms with E-state index in [-0.39, 0.29) is 12.2 Å². The van der Waals surface area contributed by atoms with Crippen molar-refractivity contribution in [2.75, 3.05) is 13.7 Å². The molecule has 4 rings (SSSR count). The summed E-state index contributed by atoms with van der Waals surface area (Å²) in [5.41, 5.74) is 4.10. The highest BCUT2D eigenvalue weighted by Gasteiger charge is 2.44. The molecule has 0 N–H and O–H groups in total. The molecule has 1 fully saturated rings. The van der Waals surface area contributed by atoms with Crippen LogP contribution >= 0.6 is 15.9 Å². The number of ether oxygens (including phenoxy) is 5. The lowest BCUT2D eigenvalue weighted by Gasteiger charge is -2.42. The Balaban J connectivity index is 1.53. The summed E-state index contributed by atoms with van der Waals surface area (Å²) in [6.45, 7) is 1.70. The van der Waals surface area contributed by atoms with E-state index >= 15 is 0 Å². The molecule has 0 radical (unpaired) electrons. The molecule has 1 saturated heterocycles. The van der Waals surface area contributed by atoms with Gasteiger partial charge in [-0.25, -0.2) is 0 Å². The third-order valence-corrected chi connectivity index (χ3v) is 6.38. The monoisotopic (exact) mass is 538 g/mol. The van der Waals surface area contributed by atoms with Gasteiger partial charge in [-0.15, -0.1) is 0 Å². The minimum absolute atomic E-state index is 0.342. The van der Waals surface area contributed by atoms with Crippen molar-refractivity contribution in [1.29, 1.82) is 0 Å². The van der Waals surface area contributed by atoms with Gasteiger partial charge in [-0.3, -0.25) is 0 Å². The summed E-state index contributed by atoms with van der Waals surface area (Å²) < 4.78 is 31.0. The molecule has 4 atom stereocenters. The van der Waals surface area contributed by atoms with Crippen LogP contribution in [0, 0.1) is 0 Å². The van der Waals surface area contributed by atoms with E-state index in [1.165, 1.54) is 0 Å². The normalized spacial score (nSPS) is 23.4. The smallest absolute Gasteiger partial charge is 0.183 e. The molecule has 1 aliphatic rings. The molecule has 5 nitrogen and oxygen atoms in total. The fourth-order valence-corrected chi connectivity index (χ4v) is 4.53. The zero-order valence-corrected chi connectivity index (χ0v) is 21.4. The molecular formula is C29H31BrO5. The first-order valence-electron chi connectivity index (χ1n) is 11.7. The highest BCUT2D eigenvalue weighted by molar-refractivity contribution is 9.11. The summed E-state index contributed by atoms with van der Waals surface area (Å²) in [6.07, 6.45) is -1.74. The zero-order valence-electron chi connectivity index (χ0n) is 19.8. The first-order chi connectivity index (χ1) is 17.3. The van der Waals surface area contributed by atoms with Crippen LogP contribution in [0.2, 0.25) is 0 Å². The Morgan fingerprint density at radius 1 is 0.743 bits per heavy atom. The second kappa shape index (κ2) is 13.7. The second-order valence-electron chi connectivity index (χ2n) is 8.33. The molecule has 3 aromatic carbocycles. The largest absolute Gasteiger partial charge is 0.374 e. The van der Waals surface area contributed by atoms with Crippen LogP contribution in [0.5, 0.6) is 0 Å². The van der Waals surface area contributed by atoms with E-state index in [0.29, 0.717) is 26.4 Å². The molecule has 0 aromatic heterocycles. The van der Waals surface area contributed by atoms with Crippen molar-refractivity contribution in [3.8, 4) is 0 Å². The maximum Gasteiger partial charge on any atom is 0.183 e. The predicted octanol–water partition coefficient (Wildman–Crippen LogP) is 6.02. The van der Waals surface area contributed by atoms with Gasteiger partial charge < -0.3 is 23.7 Å². The Morgan fingerprint density at radius 3 is 1.77 bits per heavy atom. The minimum Gasteiger partial charge on any atom is -0.374 e. The van der Waals surface area contributed by atoms with Crippen molar-refractivity contribution in [3.63, 3.8) is 0 Å². The van der Waals surface area contributed by atoms with Crippen molar-refractivity contribution in [1.82, 2.24) is 0 Å². The third-order valence-electron chi connectivity index (χ3n) is 5.86. The molecule has 184 valence electrons. The molecule has 0 aliphatic carbocycles. The topological polar surface area (TPSA) is 46.2 Å². The van der Waals surface area contributed by atoms with Crippen LogP contribution in [0.4, 0.5) is 0 Å². The molecule has 0 saturated carbocycles. The minimum atomic E-state index is -0.572. The van der Waals surface area contributed by atoms with Gasteiger partial charge in [0.1, 0.15) is 18.3 Å². The summed E-state index contributed by atoms with van der Waals surface area (Å²) in [6, 6.07) is 30.3. The van der Waals surface area contributed by atoms with Crippen LogP contribution in [0.3, 0.4) is 0 Å².